The van der Waals surface area contributed by atoms with Crippen LogP contribution >= 0.6 is 15.9 Å². The summed E-state index contributed by atoms with van der Waals surface area (Å²) in [5, 5.41) is 2.20. The highest BCUT2D eigenvalue weighted by atomic mass is 79.9. The van der Waals surface area contributed by atoms with Crippen molar-refractivity contribution in [1.29, 1.82) is 0 Å². The average molecular weight is 332 g/mol. The van der Waals surface area contributed by atoms with Crippen molar-refractivity contribution in [1.82, 2.24) is 5.32 Å². The molecule has 18 heavy (non-hydrogen) atoms. The molecule has 0 aliphatic carbocycles. The molecule has 1 aromatic rings. The number of alkyl halides is 4. The van der Waals surface area contributed by atoms with Gasteiger partial charge in [-0.2, -0.15) is 8.78 Å². The van der Waals surface area contributed by atoms with Crippen LogP contribution in [-0.4, -0.2) is 18.9 Å². The molecular weight excluding hydrogens is 321 g/mol. The van der Waals surface area contributed by atoms with Crippen molar-refractivity contribution in [2.45, 2.75) is 25.3 Å². The summed E-state index contributed by atoms with van der Waals surface area (Å²) in [5.74, 6) is -4.72. The summed E-state index contributed by atoms with van der Waals surface area (Å²) in [6.45, 7) is 0.217. The van der Waals surface area contributed by atoms with Gasteiger partial charge < -0.3 is 5.32 Å². The molecule has 7 heteroatoms. The van der Waals surface area contributed by atoms with Gasteiger partial charge in [0.2, 0.25) is 0 Å². The molecule has 0 saturated carbocycles. The summed E-state index contributed by atoms with van der Waals surface area (Å²) < 4.78 is 63.2. The molecule has 1 aromatic carbocycles. The highest BCUT2D eigenvalue weighted by molar-refractivity contribution is 9.10. The summed E-state index contributed by atoms with van der Waals surface area (Å²) >= 11 is 3.06. The molecule has 0 heterocycles. The van der Waals surface area contributed by atoms with E-state index in [1.54, 1.807) is 6.07 Å². The van der Waals surface area contributed by atoms with Crippen LogP contribution < -0.4 is 5.32 Å². The van der Waals surface area contributed by atoms with Gasteiger partial charge in [-0.05, 0) is 19.1 Å². The zero-order chi connectivity index (χ0) is 13.9. The molecule has 0 saturated heterocycles. The molecule has 0 spiro atoms. The number of hydrogen-bond acceptors (Lipinski definition) is 1. The fraction of sp³-hybridized carbons (Fsp3) is 0.455. The van der Waals surface area contributed by atoms with E-state index < -0.39 is 30.8 Å². The van der Waals surface area contributed by atoms with Gasteiger partial charge in [-0.25, -0.2) is 13.2 Å². The first-order chi connectivity index (χ1) is 8.24. The Labute approximate surface area is 110 Å². The van der Waals surface area contributed by atoms with Crippen molar-refractivity contribution in [3.63, 3.8) is 0 Å². The molecule has 0 bridgehead atoms. The summed E-state index contributed by atoms with van der Waals surface area (Å²) in [4.78, 5) is 0. The van der Waals surface area contributed by atoms with Crippen LogP contribution in [-0.2, 0) is 0 Å². The number of nitrogens with one attached hydrogen (secondary N) is 1. The molecule has 0 fully saturated rings. The van der Waals surface area contributed by atoms with Gasteiger partial charge in [0.1, 0.15) is 5.82 Å². The van der Waals surface area contributed by atoms with Gasteiger partial charge in [0.15, 0.2) is 0 Å². The van der Waals surface area contributed by atoms with Crippen LogP contribution in [0.1, 0.15) is 18.5 Å². The van der Waals surface area contributed by atoms with Crippen molar-refractivity contribution in [2.75, 3.05) is 6.54 Å². The highest BCUT2D eigenvalue weighted by Crippen LogP contribution is 2.25. The van der Waals surface area contributed by atoms with Crippen LogP contribution in [0.2, 0.25) is 0 Å². The third kappa shape index (κ3) is 3.91. The Morgan fingerprint density at radius 3 is 2.44 bits per heavy atom. The summed E-state index contributed by atoms with van der Waals surface area (Å²) in [6.07, 6.45) is -3.74. The molecule has 1 N–H and O–H groups in total. The number of hydrogen-bond donors (Lipinski definition) is 1. The predicted molar refractivity (Wildman–Crippen MR) is 61.5 cm³/mol. The molecule has 0 aliphatic rings. The normalized spacial score (nSPS) is 14.0. The monoisotopic (exact) mass is 331 g/mol. The lowest BCUT2D eigenvalue weighted by Gasteiger charge is -2.20. The first kappa shape index (κ1) is 15.4. The van der Waals surface area contributed by atoms with Gasteiger partial charge in [0.25, 0.3) is 0 Å². The zero-order valence-corrected chi connectivity index (χ0v) is 10.9. The van der Waals surface area contributed by atoms with E-state index in [1.165, 1.54) is 19.1 Å². The summed E-state index contributed by atoms with van der Waals surface area (Å²) in [6, 6.07) is 3.33. The smallest absolute Gasteiger partial charge is 0.304 e. The zero-order valence-electron chi connectivity index (χ0n) is 9.36. The fourth-order valence-corrected chi connectivity index (χ4v) is 1.66. The van der Waals surface area contributed by atoms with E-state index in [1.807, 2.05) is 0 Å². The minimum atomic E-state index is -4.12. The summed E-state index contributed by atoms with van der Waals surface area (Å²) in [5.41, 5.74) is 0.142. The Kier molecular flexibility index (Phi) is 5.10. The van der Waals surface area contributed by atoms with Crippen LogP contribution in [0.15, 0.2) is 22.7 Å². The van der Waals surface area contributed by atoms with Crippen LogP contribution in [0.5, 0.6) is 0 Å². The third-order valence-corrected chi connectivity index (χ3v) is 2.89. The van der Waals surface area contributed by atoms with E-state index >= 15 is 0 Å². The van der Waals surface area contributed by atoms with Gasteiger partial charge in [-0.1, -0.05) is 22.0 Å². The Morgan fingerprint density at radius 2 is 1.94 bits per heavy atom. The molecule has 1 rings (SSSR count). The van der Waals surface area contributed by atoms with Crippen molar-refractivity contribution in [2.24, 2.45) is 0 Å². The molecule has 102 valence electrons. The molecule has 1 atom stereocenters. The highest BCUT2D eigenvalue weighted by Gasteiger charge is 2.40. The second-order valence-electron chi connectivity index (χ2n) is 3.83. The lowest BCUT2D eigenvalue weighted by atomic mass is 10.1. The SMILES string of the molecule is CC(NCC(F)(F)C(F)F)c1ccc(Br)cc1F. The van der Waals surface area contributed by atoms with Crippen molar-refractivity contribution in [3.05, 3.63) is 34.1 Å². The van der Waals surface area contributed by atoms with Crippen molar-refractivity contribution in [3.8, 4) is 0 Å². The fourth-order valence-electron chi connectivity index (χ4n) is 1.33. The minimum absolute atomic E-state index is 0.142. The maximum atomic E-state index is 13.5. The average Bonchev–Trinajstić information content (AvgIpc) is 2.25. The first-order valence-electron chi connectivity index (χ1n) is 5.08. The third-order valence-electron chi connectivity index (χ3n) is 2.39. The molecule has 0 amide bonds. The van der Waals surface area contributed by atoms with Gasteiger partial charge in [-0.3, -0.25) is 0 Å². The quantitative estimate of drug-likeness (QED) is 0.799. The Bertz CT molecular complexity index is 410. The van der Waals surface area contributed by atoms with Gasteiger partial charge in [0.05, 0.1) is 6.54 Å². The van der Waals surface area contributed by atoms with E-state index in [9.17, 15) is 22.0 Å². The van der Waals surface area contributed by atoms with Crippen LogP contribution in [0.25, 0.3) is 0 Å². The lowest BCUT2D eigenvalue weighted by molar-refractivity contribution is -0.126. The molecule has 1 unspecified atom stereocenters. The van der Waals surface area contributed by atoms with E-state index in [0.717, 1.165) is 0 Å². The lowest BCUT2D eigenvalue weighted by Crippen LogP contribution is -2.39. The predicted octanol–water partition coefficient (Wildman–Crippen LogP) is 4.14. The largest absolute Gasteiger partial charge is 0.319 e. The first-order valence-corrected chi connectivity index (χ1v) is 5.87. The maximum absolute atomic E-state index is 13.5. The molecule has 0 radical (unpaired) electrons. The van der Waals surface area contributed by atoms with Crippen LogP contribution in [0, 0.1) is 5.82 Å². The molecule has 0 aliphatic heterocycles. The Hall–Kier alpha value is -0.690. The molecular formula is C11H11BrF5N. The standard InChI is InChI=1S/C11H11BrF5N/c1-6(18-5-11(16,17)10(14)15)8-3-2-7(12)4-9(8)13/h2-4,6,10,18H,5H2,1H3. The topological polar surface area (TPSA) is 12.0 Å². The Morgan fingerprint density at radius 1 is 1.33 bits per heavy atom. The van der Waals surface area contributed by atoms with Gasteiger partial charge >= 0.3 is 12.3 Å². The van der Waals surface area contributed by atoms with Crippen LogP contribution in [0.3, 0.4) is 0 Å². The number of benzene rings is 1. The van der Waals surface area contributed by atoms with Crippen molar-refractivity contribution >= 4 is 15.9 Å². The number of rotatable bonds is 5. The van der Waals surface area contributed by atoms with Crippen molar-refractivity contribution < 1.29 is 22.0 Å². The van der Waals surface area contributed by atoms with E-state index in [4.69, 9.17) is 0 Å². The second-order valence-corrected chi connectivity index (χ2v) is 4.75. The van der Waals surface area contributed by atoms with E-state index in [-0.39, 0.29) is 5.56 Å². The Balaban J connectivity index is 2.69. The van der Waals surface area contributed by atoms with Crippen LogP contribution in [0.4, 0.5) is 22.0 Å². The molecule has 0 aromatic heterocycles. The number of halogens is 6. The molecule has 1 nitrogen and oxygen atoms in total. The van der Waals surface area contributed by atoms with Gasteiger partial charge in [0, 0.05) is 16.1 Å². The van der Waals surface area contributed by atoms with E-state index in [0.29, 0.717) is 4.47 Å². The maximum Gasteiger partial charge on any atom is 0.319 e. The minimum Gasteiger partial charge on any atom is -0.304 e. The van der Waals surface area contributed by atoms with Gasteiger partial charge in [-0.15, -0.1) is 0 Å². The summed E-state index contributed by atoms with van der Waals surface area (Å²) in [7, 11) is 0. The van der Waals surface area contributed by atoms with E-state index in [2.05, 4.69) is 21.2 Å². The second kappa shape index (κ2) is 5.97.